The van der Waals surface area contributed by atoms with Crippen LogP contribution < -0.4 is 10.7 Å². The molecule has 2 amide bonds. The smallest absolute Gasteiger partial charge is 0.259 e. The van der Waals surface area contributed by atoms with E-state index in [0.717, 1.165) is 5.56 Å². The maximum absolute atomic E-state index is 13.2. The van der Waals surface area contributed by atoms with Crippen LogP contribution in [0.2, 0.25) is 5.02 Å². The van der Waals surface area contributed by atoms with Crippen molar-refractivity contribution in [1.82, 2.24) is 4.90 Å². The van der Waals surface area contributed by atoms with Crippen LogP contribution in [0.1, 0.15) is 26.3 Å². The molecule has 4 rings (SSSR count). The molecule has 0 spiro atoms. The van der Waals surface area contributed by atoms with Crippen molar-refractivity contribution in [2.24, 2.45) is 0 Å². The minimum atomic E-state index is -0.475. The van der Waals surface area contributed by atoms with Gasteiger partial charge in [-0.3, -0.25) is 14.4 Å². The number of carbonyl (C=O) groups is 2. The van der Waals surface area contributed by atoms with Crippen molar-refractivity contribution in [3.63, 3.8) is 0 Å². The summed E-state index contributed by atoms with van der Waals surface area (Å²) in [5, 5.41) is 3.38. The maximum atomic E-state index is 13.2. The summed E-state index contributed by atoms with van der Waals surface area (Å²) in [7, 11) is 3.24. The summed E-state index contributed by atoms with van der Waals surface area (Å²) in [4.78, 5) is 40.0. The first-order valence-electron chi connectivity index (χ1n) is 10.2. The van der Waals surface area contributed by atoms with E-state index in [0.29, 0.717) is 22.4 Å². The molecular formula is C26H21ClN2O4. The molecule has 1 heterocycles. The lowest BCUT2D eigenvalue weighted by molar-refractivity contribution is 0.0827. The van der Waals surface area contributed by atoms with Gasteiger partial charge in [0.15, 0.2) is 11.0 Å². The average molecular weight is 461 g/mol. The Labute approximate surface area is 195 Å². The van der Waals surface area contributed by atoms with Crippen molar-refractivity contribution in [3.05, 3.63) is 98.7 Å². The van der Waals surface area contributed by atoms with Crippen LogP contribution in [0.5, 0.6) is 0 Å². The van der Waals surface area contributed by atoms with Gasteiger partial charge in [0.05, 0.1) is 21.5 Å². The zero-order chi connectivity index (χ0) is 23.7. The molecule has 7 heteroatoms. The summed E-state index contributed by atoms with van der Waals surface area (Å²) in [6.07, 6.45) is 0. The number of hydrogen-bond acceptors (Lipinski definition) is 4. The fourth-order valence-electron chi connectivity index (χ4n) is 3.56. The van der Waals surface area contributed by atoms with E-state index < -0.39 is 5.91 Å². The van der Waals surface area contributed by atoms with Gasteiger partial charge in [-0.05, 0) is 37.3 Å². The third-order valence-corrected chi connectivity index (χ3v) is 5.62. The Hall–Kier alpha value is -3.90. The quantitative estimate of drug-likeness (QED) is 0.443. The molecule has 166 valence electrons. The molecule has 0 bridgehead atoms. The van der Waals surface area contributed by atoms with Crippen LogP contribution in [0.3, 0.4) is 0 Å². The van der Waals surface area contributed by atoms with Gasteiger partial charge >= 0.3 is 0 Å². The van der Waals surface area contributed by atoms with Crippen molar-refractivity contribution in [2.75, 3.05) is 19.4 Å². The van der Waals surface area contributed by atoms with Crippen LogP contribution in [0.25, 0.3) is 22.3 Å². The van der Waals surface area contributed by atoms with Crippen molar-refractivity contribution >= 4 is 40.1 Å². The fourth-order valence-corrected chi connectivity index (χ4v) is 3.76. The Balaban J connectivity index is 1.78. The molecule has 0 atom stereocenters. The largest absolute Gasteiger partial charge is 0.455 e. The lowest BCUT2D eigenvalue weighted by Crippen LogP contribution is -2.22. The summed E-state index contributed by atoms with van der Waals surface area (Å²) in [6.45, 7) is 1.71. The number of amides is 2. The van der Waals surface area contributed by atoms with Gasteiger partial charge in [-0.15, -0.1) is 0 Å². The third-order valence-electron chi connectivity index (χ3n) is 5.29. The highest BCUT2D eigenvalue weighted by molar-refractivity contribution is 6.34. The Morgan fingerprint density at radius 3 is 2.36 bits per heavy atom. The highest BCUT2D eigenvalue weighted by Gasteiger charge is 2.19. The van der Waals surface area contributed by atoms with Gasteiger partial charge in [0.25, 0.3) is 11.8 Å². The van der Waals surface area contributed by atoms with E-state index in [-0.39, 0.29) is 33.1 Å². The number of fused-ring (bicyclic) bond motifs is 1. The molecule has 1 N–H and O–H groups in total. The number of anilines is 1. The van der Waals surface area contributed by atoms with Gasteiger partial charge in [-0.1, -0.05) is 48.0 Å². The normalized spacial score (nSPS) is 10.8. The molecule has 0 aliphatic heterocycles. The van der Waals surface area contributed by atoms with Gasteiger partial charge in [-0.25, -0.2) is 0 Å². The topological polar surface area (TPSA) is 79.6 Å². The number of rotatable bonds is 4. The first-order valence-corrected chi connectivity index (χ1v) is 10.6. The molecule has 0 saturated carbocycles. The Kier molecular flexibility index (Phi) is 6.03. The van der Waals surface area contributed by atoms with Crippen molar-refractivity contribution < 1.29 is 14.0 Å². The van der Waals surface area contributed by atoms with Crippen LogP contribution >= 0.6 is 11.6 Å². The van der Waals surface area contributed by atoms with Gasteiger partial charge < -0.3 is 14.6 Å². The number of carbonyl (C=O) groups excluding carboxylic acids is 2. The van der Waals surface area contributed by atoms with Crippen LogP contribution in [0.15, 0.2) is 75.9 Å². The standard InChI is InChI=1S/C26H21ClN2O4/c1-15-22(30)18-10-7-11-19(24(18)33-23(15)16-8-5-4-6-9-16)25(31)28-17-12-13-21(27)20(14-17)26(32)29(2)3/h4-14H,1-3H3,(H,28,31). The van der Waals surface area contributed by atoms with E-state index in [1.54, 1.807) is 51.4 Å². The second-order valence-corrected chi connectivity index (χ2v) is 8.19. The highest BCUT2D eigenvalue weighted by Crippen LogP contribution is 2.28. The lowest BCUT2D eigenvalue weighted by atomic mass is 10.0. The predicted octanol–water partition coefficient (Wildman–Crippen LogP) is 5.38. The van der Waals surface area contributed by atoms with Crippen molar-refractivity contribution in [1.29, 1.82) is 0 Å². The first-order chi connectivity index (χ1) is 15.8. The Morgan fingerprint density at radius 2 is 1.67 bits per heavy atom. The van der Waals surface area contributed by atoms with E-state index in [2.05, 4.69) is 5.32 Å². The average Bonchev–Trinajstić information content (AvgIpc) is 2.82. The molecule has 0 radical (unpaired) electrons. The number of hydrogen-bond donors (Lipinski definition) is 1. The fraction of sp³-hybridized carbons (Fsp3) is 0.115. The van der Waals surface area contributed by atoms with E-state index >= 15 is 0 Å². The number of nitrogens with zero attached hydrogens (tertiary/aromatic N) is 1. The Morgan fingerprint density at radius 1 is 0.939 bits per heavy atom. The SMILES string of the molecule is Cc1c(-c2ccccc2)oc2c(C(=O)Nc3ccc(Cl)c(C(=O)N(C)C)c3)cccc2c1=O. The van der Waals surface area contributed by atoms with Crippen LogP contribution in [-0.2, 0) is 0 Å². The summed E-state index contributed by atoms with van der Waals surface area (Å²) in [5.41, 5.74) is 2.08. The number of benzene rings is 3. The highest BCUT2D eigenvalue weighted by atomic mass is 35.5. The molecule has 0 unspecified atom stereocenters. The molecule has 1 aromatic heterocycles. The van der Waals surface area contributed by atoms with Gasteiger partial charge in [0.2, 0.25) is 0 Å². The van der Waals surface area contributed by atoms with Crippen molar-refractivity contribution in [2.45, 2.75) is 6.92 Å². The lowest BCUT2D eigenvalue weighted by Gasteiger charge is -2.14. The summed E-state index contributed by atoms with van der Waals surface area (Å²) in [6, 6.07) is 18.8. The monoisotopic (exact) mass is 460 g/mol. The van der Waals surface area contributed by atoms with Crippen LogP contribution in [0.4, 0.5) is 5.69 Å². The second-order valence-electron chi connectivity index (χ2n) is 7.78. The van der Waals surface area contributed by atoms with Gasteiger partial charge in [0, 0.05) is 30.9 Å². The molecule has 6 nitrogen and oxygen atoms in total. The molecular weight excluding hydrogens is 440 g/mol. The van der Waals surface area contributed by atoms with E-state index in [4.69, 9.17) is 16.0 Å². The van der Waals surface area contributed by atoms with E-state index in [1.165, 1.54) is 11.0 Å². The molecule has 0 fully saturated rings. The maximum Gasteiger partial charge on any atom is 0.259 e. The molecule has 4 aromatic rings. The van der Waals surface area contributed by atoms with E-state index in [1.807, 2.05) is 30.3 Å². The summed E-state index contributed by atoms with van der Waals surface area (Å²) < 4.78 is 6.12. The molecule has 33 heavy (non-hydrogen) atoms. The minimum Gasteiger partial charge on any atom is -0.455 e. The van der Waals surface area contributed by atoms with E-state index in [9.17, 15) is 14.4 Å². The van der Waals surface area contributed by atoms with Crippen LogP contribution in [-0.4, -0.2) is 30.8 Å². The van der Waals surface area contributed by atoms with Crippen molar-refractivity contribution in [3.8, 4) is 11.3 Å². The van der Waals surface area contributed by atoms with Gasteiger partial charge in [-0.2, -0.15) is 0 Å². The Bertz CT molecular complexity index is 1440. The molecule has 0 aliphatic carbocycles. The van der Waals surface area contributed by atoms with Crippen LogP contribution in [0, 0.1) is 6.92 Å². The number of para-hydroxylation sites is 1. The molecule has 0 saturated heterocycles. The first kappa shape index (κ1) is 22.3. The third kappa shape index (κ3) is 4.25. The zero-order valence-corrected chi connectivity index (χ0v) is 19.1. The zero-order valence-electron chi connectivity index (χ0n) is 18.3. The number of nitrogens with one attached hydrogen (secondary N) is 1. The minimum absolute atomic E-state index is 0.197. The second kappa shape index (κ2) is 8.92. The summed E-state index contributed by atoms with van der Waals surface area (Å²) >= 11 is 6.16. The van der Waals surface area contributed by atoms with Gasteiger partial charge in [0.1, 0.15) is 5.76 Å². The predicted molar refractivity (Wildman–Crippen MR) is 130 cm³/mol. The summed E-state index contributed by atoms with van der Waals surface area (Å²) in [5.74, 6) is -0.342. The molecule has 3 aromatic carbocycles. The number of halogens is 1. The molecule has 0 aliphatic rings.